The van der Waals surface area contributed by atoms with Crippen molar-refractivity contribution in [1.82, 2.24) is 19.5 Å². The molecule has 10 aromatic rings. The summed E-state index contributed by atoms with van der Waals surface area (Å²) in [4.78, 5) is 14.6. The highest BCUT2D eigenvalue weighted by Gasteiger charge is 2.21. The molecule has 0 saturated carbocycles. The number of para-hydroxylation sites is 4. The fraction of sp³-hybridized carbons (Fsp3) is 0. The molecular weight excluding hydrogens is 556 g/mol. The van der Waals surface area contributed by atoms with E-state index in [1.54, 1.807) is 18.2 Å². The molecule has 0 aliphatic carbocycles. The normalized spacial score (nSPS) is 15.1. The molecule has 0 spiro atoms. The van der Waals surface area contributed by atoms with Crippen molar-refractivity contribution in [2.75, 3.05) is 0 Å². The van der Waals surface area contributed by atoms with Crippen LogP contribution >= 0.6 is 0 Å². The maximum atomic E-state index is 9.68. The SMILES string of the molecule is [2H]c1c([2H])c([2H])c2c(oc3c([2H])c4c5c([2H])c([2H])c([2H])c([2H])c5n(-c5nc(-c6ccccc6)nc(-c6cccc7c6oc6ccccc67)n5)c4c([2H])c32)c1[2H]. The van der Waals surface area contributed by atoms with Gasteiger partial charge < -0.3 is 8.83 Å². The van der Waals surface area contributed by atoms with Gasteiger partial charge in [0.05, 0.1) is 30.3 Å². The predicted molar refractivity (Wildman–Crippen MR) is 180 cm³/mol. The van der Waals surface area contributed by atoms with Gasteiger partial charge in [-0.05, 0) is 36.3 Å². The third-order valence-corrected chi connectivity index (χ3v) is 7.92. The van der Waals surface area contributed by atoms with Crippen LogP contribution in [0.2, 0.25) is 0 Å². The number of nitrogens with zero attached hydrogens (tertiary/aromatic N) is 4. The summed E-state index contributed by atoms with van der Waals surface area (Å²) in [6.07, 6.45) is 0. The molecule has 0 bridgehead atoms. The monoisotopic (exact) mass is 588 g/mol. The smallest absolute Gasteiger partial charge is 0.238 e. The maximum absolute atomic E-state index is 9.68. The van der Waals surface area contributed by atoms with Gasteiger partial charge in [-0.25, -0.2) is 4.98 Å². The van der Waals surface area contributed by atoms with E-state index in [0.717, 1.165) is 10.8 Å². The van der Waals surface area contributed by atoms with Crippen molar-refractivity contribution in [3.63, 3.8) is 0 Å². The van der Waals surface area contributed by atoms with Crippen molar-refractivity contribution < 1.29 is 22.5 Å². The van der Waals surface area contributed by atoms with Crippen molar-refractivity contribution in [2.24, 2.45) is 0 Å². The topological polar surface area (TPSA) is 69.9 Å². The molecular formula is C39H22N4O2. The Bertz CT molecular complexity index is 3340. The number of rotatable bonds is 3. The summed E-state index contributed by atoms with van der Waals surface area (Å²) < 4.78 is 102. The number of hydrogen-bond donors (Lipinski definition) is 0. The molecule has 0 N–H and O–H groups in total. The lowest BCUT2D eigenvalue weighted by molar-refractivity contribution is 0.669. The van der Waals surface area contributed by atoms with E-state index in [1.807, 2.05) is 54.6 Å². The van der Waals surface area contributed by atoms with Gasteiger partial charge >= 0.3 is 0 Å². The van der Waals surface area contributed by atoms with Gasteiger partial charge in [0.2, 0.25) is 5.95 Å². The van der Waals surface area contributed by atoms with Crippen molar-refractivity contribution in [1.29, 1.82) is 0 Å². The summed E-state index contributed by atoms with van der Waals surface area (Å²) in [5.41, 5.74) is 1.57. The Balaban J connectivity index is 1.42. The van der Waals surface area contributed by atoms with Crippen LogP contribution in [0.4, 0.5) is 0 Å². The van der Waals surface area contributed by atoms with E-state index in [4.69, 9.17) is 34.8 Å². The maximum Gasteiger partial charge on any atom is 0.238 e. The summed E-state index contributed by atoms with van der Waals surface area (Å²) in [6.45, 7) is 0. The molecule has 6 nitrogen and oxygen atoms in total. The van der Waals surface area contributed by atoms with Crippen molar-refractivity contribution in [3.05, 3.63) is 133 Å². The highest BCUT2D eigenvalue weighted by molar-refractivity contribution is 6.17. The van der Waals surface area contributed by atoms with Crippen molar-refractivity contribution in [2.45, 2.75) is 0 Å². The summed E-state index contributed by atoms with van der Waals surface area (Å²) in [7, 11) is 0. The van der Waals surface area contributed by atoms with Gasteiger partial charge in [-0.1, -0.05) is 96.9 Å². The Hall–Kier alpha value is -6.27. The summed E-state index contributed by atoms with van der Waals surface area (Å²) in [5, 5.41) is 1.32. The zero-order valence-electron chi connectivity index (χ0n) is 33.0. The van der Waals surface area contributed by atoms with Crippen LogP contribution in [-0.4, -0.2) is 19.5 Å². The zero-order valence-corrected chi connectivity index (χ0v) is 23.0. The number of aromatic nitrogens is 4. The van der Waals surface area contributed by atoms with Crippen LogP contribution in [-0.2, 0) is 0 Å². The predicted octanol–water partition coefficient (Wildman–Crippen LogP) is 10.1. The third kappa shape index (κ3) is 3.53. The van der Waals surface area contributed by atoms with E-state index in [9.17, 15) is 2.74 Å². The van der Waals surface area contributed by atoms with Gasteiger partial charge in [0.1, 0.15) is 22.3 Å². The molecule has 0 saturated heterocycles. The largest absolute Gasteiger partial charge is 0.456 e. The average molecular weight is 589 g/mol. The van der Waals surface area contributed by atoms with E-state index < -0.39 is 48.3 Å². The van der Waals surface area contributed by atoms with Crippen LogP contribution < -0.4 is 0 Å². The Morgan fingerprint density at radius 3 is 2.22 bits per heavy atom. The first-order valence-electron chi connectivity index (χ1n) is 19.1. The fourth-order valence-electron chi connectivity index (χ4n) is 5.92. The van der Waals surface area contributed by atoms with Gasteiger partial charge in [-0.15, -0.1) is 0 Å². The summed E-state index contributed by atoms with van der Waals surface area (Å²) in [5.74, 6) is 0.223. The minimum atomic E-state index is -0.565. The van der Waals surface area contributed by atoms with E-state index in [2.05, 4.69) is 0 Å². The number of benzene rings is 6. The Morgan fingerprint density at radius 1 is 0.511 bits per heavy atom. The van der Waals surface area contributed by atoms with Gasteiger partial charge in [0.25, 0.3) is 0 Å². The van der Waals surface area contributed by atoms with Crippen molar-refractivity contribution >= 4 is 65.7 Å². The quantitative estimate of drug-likeness (QED) is 0.205. The van der Waals surface area contributed by atoms with Gasteiger partial charge in [0, 0.05) is 37.9 Å². The lowest BCUT2D eigenvalue weighted by Gasteiger charge is -2.11. The molecule has 0 fully saturated rings. The number of furan rings is 2. The van der Waals surface area contributed by atoms with E-state index in [-0.39, 0.29) is 73.4 Å². The molecule has 210 valence electrons. The highest BCUT2D eigenvalue weighted by Crippen LogP contribution is 2.39. The highest BCUT2D eigenvalue weighted by atomic mass is 16.3. The second-order valence-corrected chi connectivity index (χ2v) is 10.5. The second kappa shape index (κ2) is 9.11. The third-order valence-electron chi connectivity index (χ3n) is 7.92. The molecule has 4 heterocycles. The molecule has 0 aliphatic heterocycles. The molecule has 10 rings (SSSR count). The van der Waals surface area contributed by atoms with Crippen LogP contribution in [0, 0.1) is 0 Å². The Labute approximate surface area is 269 Å². The summed E-state index contributed by atoms with van der Waals surface area (Å²) in [6, 6.07) is 17.3. The fourth-order valence-corrected chi connectivity index (χ4v) is 5.92. The molecule has 4 aromatic heterocycles. The lowest BCUT2D eigenvalue weighted by Crippen LogP contribution is -2.06. The van der Waals surface area contributed by atoms with E-state index in [1.165, 1.54) is 4.57 Å². The Kier molecular flexibility index (Phi) is 3.35. The van der Waals surface area contributed by atoms with Gasteiger partial charge in [0.15, 0.2) is 11.6 Å². The van der Waals surface area contributed by atoms with Crippen LogP contribution in [0.1, 0.15) is 13.7 Å². The minimum absolute atomic E-state index is 0.0728. The van der Waals surface area contributed by atoms with Gasteiger partial charge in [-0.2, -0.15) is 9.97 Å². The van der Waals surface area contributed by atoms with Crippen molar-refractivity contribution in [3.8, 4) is 28.7 Å². The second-order valence-electron chi connectivity index (χ2n) is 10.5. The van der Waals surface area contributed by atoms with E-state index >= 15 is 0 Å². The molecule has 0 amide bonds. The first-order chi connectivity index (χ1) is 26.5. The standard InChI is InChI=1S/C39H22N4O2/c1-2-11-23(12-3-1)37-40-38(28-17-10-16-27-25-14-5-9-20-34(25)45-36(27)28)42-39(41-37)43-31-18-7-4-13-24(31)29-22-35-30(21-32(29)43)26-15-6-8-19-33(26)44-35/h1-22H/i4D,6D,7D,8D,13D,15D,18D,19D,21D,22D. The average Bonchev–Trinajstić information content (AvgIpc) is 3.91. The van der Waals surface area contributed by atoms with Crippen LogP contribution in [0.25, 0.3) is 94.4 Å². The zero-order chi connectivity index (χ0) is 38.2. The van der Waals surface area contributed by atoms with Crippen LogP contribution in [0.3, 0.4) is 0 Å². The molecule has 0 aliphatic rings. The first kappa shape index (κ1) is 16.5. The molecule has 6 heteroatoms. The van der Waals surface area contributed by atoms with Gasteiger partial charge in [-0.3, -0.25) is 4.57 Å². The molecule has 0 unspecified atom stereocenters. The minimum Gasteiger partial charge on any atom is -0.456 e. The molecule has 6 aromatic carbocycles. The first-order valence-corrected chi connectivity index (χ1v) is 14.1. The number of fused-ring (bicyclic) bond motifs is 9. The van der Waals surface area contributed by atoms with Crippen LogP contribution in [0.15, 0.2) is 142 Å². The van der Waals surface area contributed by atoms with Crippen LogP contribution in [0.5, 0.6) is 0 Å². The molecule has 45 heavy (non-hydrogen) atoms. The molecule has 0 radical (unpaired) electrons. The lowest BCUT2D eigenvalue weighted by atomic mass is 10.1. The molecule has 0 atom stereocenters. The Morgan fingerprint density at radius 2 is 1.29 bits per heavy atom. The summed E-state index contributed by atoms with van der Waals surface area (Å²) >= 11 is 0. The number of hydrogen-bond acceptors (Lipinski definition) is 5. The van der Waals surface area contributed by atoms with E-state index in [0.29, 0.717) is 22.3 Å².